The first-order valence-corrected chi connectivity index (χ1v) is 8.86. The molecular formula is C14H24N4O2S2. The molecule has 1 heterocycles. The number of thiophene rings is 1. The van der Waals surface area contributed by atoms with E-state index < -0.39 is 4.92 Å². The second kappa shape index (κ2) is 9.70. The highest BCUT2D eigenvalue weighted by Gasteiger charge is 2.07. The Labute approximate surface area is 140 Å². The monoisotopic (exact) mass is 344 g/mol. The van der Waals surface area contributed by atoms with Crippen molar-refractivity contribution in [1.82, 2.24) is 15.5 Å². The van der Waals surface area contributed by atoms with Crippen molar-refractivity contribution < 1.29 is 4.92 Å². The molecule has 0 spiro atoms. The van der Waals surface area contributed by atoms with Gasteiger partial charge in [-0.05, 0) is 39.1 Å². The molecule has 6 nitrogen and oxygen atoms in total. The van der Waals surface area contributed by atoms with Crippen LogP contribution in [-0.4, -0.2) is 43.3 Å². The summed E-state index contributed by atoms with van der Waals surface area (Å²) in [6.07, 6.45) is 1.89. The Kier molecular flexibility index (Phi) is 8.29. The SMILES string of the molecule is CN/C(=C\[N+](=O)[O-])NCCCSc1cc(C)c(CN(C)C)s1. The van der Waals surface area contributed by atoms with E-state index in [4.69, 9.17) is 0 Å². The Morgan fingerprint density at radius 2 is 2.27 bits per heavy atom. The number of thioether (sulfide) groups is 1. The van der Waals surface area contributed by atoms with Gasteiger partial charge >= 0.3 is 0 Å². The van der Waals surface area contributed by atoms with Crippen LogP contribution in [0.1, 0.15) is 16.9 Å². The van der Waals surface area contributed by atoms with Gasteiger partial charge in [0.1, 0.15) is 0 Å². The van der Waals surface area contributed by atoms with Crippen LogP contribution >= 0.6 is 23.1 Å². The number of nitrogens with one attached hydrogen (secondary N) is 2. The normalized spacial score (nSPS) is 11.8. The second-order valence-corrected chi connectivity index (χ2v) is 7.65. The minimum absolute atomic E-state index is 0.440. The molecule has 1 rings (SSSR count). The molecule has 0 fully saturated rings. The van der Waals surface area contributed by atoms with Crippen molar-refractivity contribution >= 4 is 23.1 Å². The molecule has 2 N–H and O–H groups in total. The van der Waals surface area contributed by atoms with Crippen LogP contribution in [0.3, 0.4) is 0 Å². The Morgan fingerprint density at radius 1 is 1.55 bits per heavy atom. The molecule has 8 heteroatoms. The van der Waals surface area contributed by atoms with Gasteiger partial charge in [0.25, 0.3) is 6.20 Å². The predicted octanol–water partition coefficient (Wildman–Crippen LogP) is 2.48. The van der Waals surface area contributed by atoms with Gasteiger partial charge in [0.05, 0.1) is 9.13 Å². The molecular weight excluding hydrogens is 320 g/mol. The number of rotatable bonds is 10. The van der Waals surface area contributed by atoms with Crippen molar-refractivity contribution in [3.63, 3.8) is 0 Å². The van der Waals surface area contributed by atoms with E-state index in [9.17, 15) is 10.1 Å². The van der Waals surface area contributed by atoms with Gasteiger partial charge in [-0.1, -0.05) is 0 Å². The number of hydrogen-bond acceptors (Lipinski definition) is 7. The van der Waals surface area contributed by atoms with E-state index in [0.29, 0.717) is 12.4 Å². The molecule has 0 amide bonds. The number of aryl methyl sites for hydroxylation is 1. The fraction of sp³-hybridized carbons (Fsp3) is 0.571. The third kappa shape index (κ3) is 7.15. The first-order valence-electron chi connectivity index (χ1n) is 7.06. The fourth-order valence-corrected chi connectivity index (χ4v) is 4.33. The van der Waals surface area contributed by atoms with Gasteiger partial charge < -0.3 is 15.5 Å². The van der Waals surface area contributed by atoms with Crippen molar-refractivity contribution in [2.75, 3.05) is 33.4 Å². The molecule has 124 valence electrons. The van der Waals surface area contributed by atoms with Crippen LogP contribution in [0.5, 0.6) is 0 Å². The highest BCUT2D eigenvalue weighted by Crippen LogP contribution is 2.31. The zero-order valence-corrected chi connectivity index (χ0v) is 15.1. The molecule has 0 bridgehead atoms. The van der Waals surface area contributed by atoms with Gasteiger partial charge in [-0.15, -0.1) is 23.1 Å². The molecule has 0 radical (unpaired) electrons. The summed E-state index contributed by atoms with van der Waals surface area (Å²) in [6, 6.07) is 2.24. The van der Waals surface area contributed by atoms with Crippen molar-refractivity contribution in [1.29, 1.82) is 0 Å². The maximum Gasteiger partial charge on any atom is 0.274 e. The molecule has 0 saturated heterocycles. The maximum atomic E-state index is 10.4. The predicted molar refractivity (Wildman–Crippen MR) is 93.9 cm³/mol. The molecule has 1 aromatic rings. The molecule has 0 unspecified atom stereocenters. The van der Waals surface area contributed by atoms with E-state index in [0.717, 1.165) is 24.9 Å². The lowest BCUT2D eigenvalue weighted by Crippen LogP contribution is -2.25. The Balaban J connectivity index is 2.31. The Morgan fingerprint density at radius 3 is 2.86 bits per heavy atom. The van der Waals surface area contributed by atoms with E-state index in [1.165, 1.54) is 14.6 Å². The van der Waals surface area contributed by atoms with Gasteiger partial charge in [-0.25, -0.2) is 0 Å². The molecule has 0 aromatic carbocycles. The van der Waals surface area contributed by atoms with Gasteiger partial charge in [0.15, 0.2) is 5.82 Å². The molecule has 0 saturated carbocycles. The summed E-state index contributed by atoms with van der Waals surface area (Å²) in [5.41, 5.74) is 1.35. The summed E-state index contributed by atoms with van der Waals surface area (Å²) in [4.78, 5) is 13.5. The second-order valence-electron chi connectivity index (χ2n) is 5.12. The van der Waals surface area contributed by atoms with E-state index >= 15 is 0 Å². The summed E-state index contributed by atoms with van der Waals surface area (Å²) < 4.78 is 1.34. The summed E-state index contributed by atoms with van der Waals surface area (Å²) in [5, 5.41) is 16.2. The molecule has 22 heavy (non-hydrogen) atoms. The van der Waals surface area contributed by atoms with Gasteiger partial charge in [0, 0.05) is 30.8 Å². The summed E-state index contributed by atoms with van der Waals surface area (Å²) >= 11 is 3.69. The van der Waals surface area contributed by atoms with Gasteiger partial charge in [-0.2, -0.15) is 0 Å². The lowest BCUT2D eigenvalue weighted by atomic mass is 10.3. The van der Waals surface area contributed by atoms with Crippen molar-refractivity contribution in [2.24, 2.45) is 0 Å². The first kappa shape index (κ1) is 18.8. The van der Waals surface area contributed by atoms with Crippen LogP contribution in [0.4, 0.5) is 0 Å². The van der Waals surface area contributed by atoms with E-state index in [1.54, 1.807) is 7.05 Å². The van der Waals surface area contributed by atoms with Gasteiger partial charge in [-0.3, -0.25) is 10.1 Å². The van der Waals surface area contributed by atoms with E-state index in [2.05, 4.69) is 42.6 Å². The average Bonchev–Trinajstić information content (AvgIpc) is 2.76. The number of nitro groups is 1. The first-order chi connectivity index (χ1) is 10.4. The van der Waals surface area contributed by atoms with Crippen LogP contribution in [0.2, 0.25) is 0 Å². The zero-order chi connectivity index (χ0) is 16.5. The van der Waals surface area contributed by atoms with Crippen LogP contribution in [0.25, 0.3) is 0 Å². The topological polar surface area (TPSA) is 70.4 Å². The molecule has 0 aliphatic rings. The van der Waals surface area contributed by atoms with E-state index in [-0.39, 0.29) is 0 Å². The summed E-state index contributed by atoms with van der Waals surface area (Å²) in [5.74, 6) is 1.43. The van der Waals surface area contributed by atoms with Crippen molar-refractivity contribution in [3.8, 4) is 0 Å². The molecule has 0 aliphatic heterocycles. The molecule has 1 aromatic heterocycles. The fourth-order valence-electron chi connectivity index (χ4n) is 1.78. The largest absolute Gasteiger partial charge is 0.370 e. The third-order valence-electron chi connectivity index (χ3n) is 2.84. The Bertz CT molecular complexity index is 515. The van der Waals surface area contributed by atoms with Crippen LogP contribution in [0, 0.1) is 17.0 Å². The van der Waals surface area contributed by atoms with Crippen LogP contribution in [0.15, 0.2) is 22.3 Å². The minimum atomic E-state index is -0.464. The standard InChI is InChI=1S/C14H24N4O2S2/c1-11-8-14(22-12(11)9-17(3)4)21-7-5-6-16-13(15-2)10-18(19)20/h8,10,15-16H,5-7,9H2,1-4H3/b13-10+. The highest BCUT2D eigenvalue weighted by molar-refractivity contribution is 8.01. The maximum absolute atomic E-state index is 10.4. The van der Waals surface area contributed by atoms with Gasteiger partial charge in [0.2, 0.25) is 0 Å². The average molecular weight is 345 g/mol. The zero-order valence-electron chi connectivity index (χ0n) is 13.5. The molecule has 0 atom stereocenters. The smallest absolute Gasteiger partial charge is 0.274 e. The third-order valence-corrected chi connectivity index (χ3v) is 5.36. The van der Waals surface area contributed by atoms with Crippen LogP contribution in [-0.2, 0) is 6.54 Å². The Hall–Kier alpha value is -1.25. The van der Waals surface area contributed by atoms with Crippen molar-refractivity contribution in [2.45, 2.75) is 24.1 Å². The number of nitrogens with zero attached hydrogens (tertiary/aromatic N) is 2. The lowest BCUT2D eigenvalue weighted by molar-refractivity contribution is -0.404. The highest BCUT2D eigenvalue weighted by atomic mass is 32.2. The summed E-state index contributed by atoms with van der Waals surface area (Å²) in [7, 11) is 5.82. The summed E-state index contributed by atoms with van der Waals surface area (Å²) in [6.45, 7) is 3.85. The molecule has 0 aliphatic carbocycles. The van der Waals surface area contributed by atoms with E-state index in [1.807, 2.05) is 23.1 Å². The lowest BCUT2D eigenvalue weighted by Gasteiger charge is -2.08. The van der Waals surface area contributed by atoms with Crippen LogP contribution < -0.4 is 10.6 Å². The quantitative estimate of drug-likeness (QED) is 0.294. The number of hydrogen-bond donors (Lipinski definition) is 2. The minimum Gasteiger partial charge on any atom is -0.370 e. The van der Waals surface area contributed by atoms with Crippen molar-refractivity contribution in [3.05, 3.63) is 38.6 Å².